The van der Waals surface area contributed by atoms with E-state index in [1.54, 1.807) is 0 Å². The van der Waals surface area contributed by atoms with Gasteiger partial charge in [0.15, 0.2) is 0 Å². The molecule has 3 heterocycles. The molecule has 0 aliphatic carbocycles. The molecule has 0 saturated carbocycles. The lowest BCUT2D eigenvalue weighted by molar-refractivity contribution is -0.956. The van der Waals surface area contributed by atoms with Crippen LogP contribution < -0.4 is 12.4 Å². The van der Waals surface area contributed by atoms with E-state index in [9.17, 15) is 9.59 Å². The van der Waals surface area contributed by atoms with Crippen LogP contribution >= 0.6 is 0 Å². The smallest absolute Gasteiger partial charge is 0.360 e. The second-order valence-electron chi connectivity index (χ2n) is 13.1. The third kappa shape index (κ3) is 7.65. The Bertz CT molecular complexity index is 1080. The van der Waals surface area contributed by atoms with Gasteiger partial charge in [-0.1, -0.05) is 119 Å². The van der Waals surface area contributed by atoms with Gasteiger partial charge in [-0.3, -0.25) is 4.79 Å². The van der Waals surface area contributed by atoms with E-state index in [1.165, 1.54) is 81.8 Å². The minimum atomic E-state index is -1.62. The summed E-state index contributed by atoms with van der Waals surface area (Å²) in [5.41, 5.74) is -0.332. The lowest BCUT2D eigenvalue weighted by Crippen LogP contribution is -3.00. The predicted octanol–water partition coefficient (Wildman–Crippen LogP) is 5.25. The van der Waals surface area contributed by atoms with E-state index in [2.05, 4.69) is 6.92 Å². The van der Waals surface area contributed by atoms with Crippen LogP contribution in [0.3, 0.4) is 0 Å². The van der Waals surface area contributed by atoms with Gasteiger partial charge in [0.25, 0.3) is 5.60 Å². The number of unbranched alkanes of at least 4 members (excludes halogenated alkanes) is 8. The summed E-state index contributed by atoms with van der Waals surface area (Å²) in [7, 11) is 0. The van der Waals surface area contributed by atoms with Crippen LogP contribution in [0.4, 0.5) is 0 Å². The fourth-order valence-corrected chi connectivity index (χ4v) is 8.25. The summed E-state index contributed by atoms with van der Waals surface area (Å²) in [4.78, 5) is 27.9. The van der Waals surface area contributed by atoms with Crippen molar-refractivity contribution in [1.29, 1.82) is 0 Å². The number of hydrogen-bond acceptors (Lipinski definition) is 4. The van der Waals surface area contributed by atoms with Crippen LogP contribution in [-0.4, -0.2) is 47.7 Å². The molecular weight excluding hydrogens is 558 g/mol. The standard InChI is InChI=1S/C37H52NO4.ClH/c1-2-3-4-5-6-7-8-9-16-23-35(39)42-37(30-19-12-10-13-20-30,31-21-14-11-15-22-31)36(40)41-34-28-32-24-25-33(29-34)38(32)26-17-18-27-38;/h10-15,19-22,32-34H,2-9,16-18,23-29H2,1H3;1H/q+1;/p-1. The highest BCUT2D eigenvalue weighted by Crippen LogP contribution is 2.47. The maximum absolute atomic E-state index is 14.4. The van der Waals surface area contributed by atoms with Crippen LogP contribution in [0, 0.1) is 0 Å². The molecule has 5 nitrogen and oxygen atoms in total. The maximum atomic E-state index is 14.4. The molecule has 2 aromatic carbocycles. The number of hydrogen-bond donors (Lipinski definition) is 0. The molecule has 1 spiro atoms. The summed E-state index contributed by atoms with van der Waals surface area (Å²) in [6, 6.07) is 20.1. The Morgan fingerprint density at radius 3 is 1.74 bits per heavy atom. The van der Waals surface area contributed by atoms with Gasteiger partial charge in [0.2, 0.25) is 0 Å². The highest BCUT2D eigenvalue weighted by Gasteiger charge is 2.57. The number of esters is 2. The van der Waals surface area contributed by atoms with Crippen molar-refractivity contribution >= 4 is 11.9 Å². The van der Waals surface area contributed by atoms with E-state index in [0.717, 1.165) is 32.1 Å². The molecule has 2 unspecified atom stereocenters. The number of rotatable bonds is 15. The van der Waals surface area contributed by atoms with Gasteiger partial charge in [-0.05, 0) is 6.42 Å². The summed E-state index contributed by atoms with van der Waals surface area (Å²) in [6.07, 6.45) is 17.7. The molecule has 5 rings (SSSR count). The molecule has 236 valence electrons. The van der Waals surface area contributed by atoms with Gasteiger partial charge >= 0.3 is 11.9 Å². The van der Waals surface area contributed by atoms with Crippen molar-refractivity contribution in [3.8, 4) is 0 Å². The van der Waals surface area contributed by atoms with Crippen molar-refractivity contribution in [1.82, 2.24) is 0 Å². The Balaban J connectivity index is 0.00000423. The van der Waals surface area contributed by atoms with Gasteiger partial charge in [-0.2, -0.15) is 0 Å². The first kappa shape index (κ1) is 33.5. The third-order valence-corrected chi connectivity index (χ3v) is 10.4. The van der Waals surface area contributed by atoms with Crippen LogP contribution in [0.5, 0.6) is 0 Å². The van der Waals surface area contributed by atoms with E-state index < -0.39 is 11.6 Å². The first-order valence-electron chi connectivity index (χ1n) is 17.0. The van der Waals surface area contributed by atoms with Crippen molar-refractivity contribution in [2.75, 3.05) is 13.1 Å². The van der Waals surface area contributed by atoms with Crippen LogP contribution in [0.1, 0.15) is 121 Å². The molecule has 0 amide bonds. The quantitative estimate of drug-likeness (QED) is 0.157. The average Bonchev–Trinajstić information content (AvgIpc) is 3.56. The second kappa shape index (κ2) is 16.1. The fraction of sp³-hybridized carbons (Fsp3) is 0.622. The molecule has 6 heteroatoms. The number of ether oxygens (including phenoxy) is 2. The first-order chi connectivity index (χ1) is 20.6. The molecular formula is C37H52ClNO4. The van der Waals surface area contributed by atoms with E-state index >= 15 is 0 Å². The zero-order chi connectivity index (χ0) is 29.3. The molecule has 0 N–H and O–H groups in total. The van der Waals surface area contributed by atoms with Crippen LogP contribution in [0.2, 0.25) is 0 Å². The zero-order valence-electron chi connectivity index (χ0n) is 26.2. The average molecular weight is 610 g/mol. The minimum absolute atomic E-state index is 0. The number of halogens is 1. The topological polar surface area (TPSA) is 52.6 Å². The maximum Gasteiger partial charge on any atom is 0.360 e. The molecule has 2 atom stereocenters. The van der Waals surface area contributed by atoms with Gasteiger partial charge in [0.1, 0.15) is 6.10 Å². The summed E-state index contributed by atoms with van der Waals surface area (Å²) in [5.74, 6) is -0.799. The molecule has 0 radical (unpaired) electrons. The van der Waals surface area contributed by atoms with E-state index in [-0.39, 0.29) is 24.5 Å². The van der Waals surface area contributed by atoms with Gasteiger partial charge < -0.3 is 26.4 Å². The molecule has 3 fully saturated rings. The van der Waals surface area contributed by atoms with Crippen molar-refractivity contribution < 1.29 is 36.0 Å². The van der Waals surface area contributed by atoms with Crippen molar-refractivity contribution in [2.45, 2.75) is 133 Å². The van der Waals surface area contributed by atoms with Crippen LogP contribution in [0.15, 0.2) is 60.7 Å². The number of benzene rings is 2. The van der Waals surface area contributed by atoms with Crippen molar-refractivity contribution in [2.24, 2.45) is 0 Å². The summed E-state index contributed by atoms with van der Waals surface area (Å²) >= 11 is 0. The normalized spacial score (nSPS) is 22.2. The van der Waals surface area contributed by atoms with E-state index in [1.807, 2.05) is 60.7 Å². The Morgan fingerprint density at radius 1 is 0.744 bits per heavy atom. The molecule has 3 aliphatic heterocycles. The van der Waals surface area contributed by atoms with Gasteiger partial charge in [0, 0.05) is 56.1 Å². The Labute approximate surface area is 265 Å². The van der Waals surface area contributed by atoms with Crippen LogP contribution in [-0.2, 0) is 24.7 Å². The van der Waals surface area contributed by atoms with Gasteiger partial charge in [-0.25, -0.2) is 4.79 Å². The second-order valence-corrected chi connectivity index (χ2v) is 13.1. The zero-order valence-corrected chi connectivity index (χ0v) is 26.9. The molecule has 3 aliphatic rings. The fourth-order valence-electron chi connectivity index (χ4n) is 8.25. The Morgan fingerprint density at radius 2 is 1.23 bits per heavy atom. The number of carbonyl (C=O) groups excluding carboxylic acids is 2. The van der Waals surface area contributed by atoms with Crippen molar-refractivity contribution in [3.63, 3.8) is 0 Å². The van der Waals surface area contributed by atoms with Crippen molar-refractivity contribution in [3.05, 3.63) is 71.8 Å². The van der Waals surface area contributed by atoms with E-state index in [4.69, 9.17) is 9.47 Å². The van der Waals surface area contributed by atoms with E-state index in [0.29, 0.717) is 29.6 Å². The molecule has 2 aromatic rings. The Hall–Kier alpha value is -2.37. The number of nitrogens with zero attached hydrogens (tertiary/aromatic N) is 1. The summed E-state index contributed by atoms with van der Waals surface area (Å²) in [5, 5.41) is 0. The summed E-state index contributed by atoms with van der Waals surface area (Å²) in [6.45, 7) is 4.81. The monoisotopic (exact) mass is 609 g/mol. The summed E-state index contributed by atoms with van der Waals surface area (Å²) < 4.78 is 14.0. The third-order valence-electron chi connectivity index (χ3n) is 10.4. The predicted molar refractivity (Wildman–Crippen MR) is 167 cm³/mol. The molecule has 0 aromatic heterocycles. The number of quaternary nitrogens is 1. The Kier molecular flexibility index (Phi) is 12.5. The van der Waals surface area contributed by atoms with Gasteiger partial charge in [0.05, 0.1) is 25.2 Å². The molecule has 43 heavy (non-hydrogen) atoms. The molecule has 2 bridgehead atoms. The largest absolute Gasteiger partial charge is 1.00 e. The first-order valence-corrected chi connectivity index (χ1v) is 17.0. The molecule has 3 saturated heterocycles. The van der Waals surface area contributed by atoms with Gasteiger partial charge in [-0.15, -0.1) is 0 Å². The van der Waals surface area contributed by atoms with Crippen LogP contribution in [0.25, 0.3) is 0 Å². The highest BCUT2D eigenvalue weighted by atomic mass is 35.5. The minimum Gasteiger partial charge on any atom is -1.00 e. The number of piperidine rings is 1. The lowest BCUT2D eigenvalue weighted by Gasteiger charge is -2.47. The lowest BCUT2D eigenvalue weighted by atomic mass is 9.85. The SMILES string of the molecule is CCCCCCCCCCCC(=O)OC(C(=O)OC1CC2CCC(C1)[N+]21CCCC1)(c1ccccc1)c1ccccc1.[Cl-]. The number of carbonyl (C=O) groups is 2. The highest BCUT2D eigenvalue weighted by molar-refractivity contribution is 5.89.